The van der Waals surface area contributed by atoms with Crippen LogP contribution in [0.25, 0.3) is 0 Å². The van der Waals surface area contributed by atoms with Crippen LogP contribution in [0.3, 0.4) is 0 Å². The summed E-state index contributed by atoms with van der Waals surface area (Å²) >= 11 is 0. The van der Waals surface area contributed by atoms with Gasteiger partial charge in [0.1, 0.15) is 12.2 Å². The van der Waals surface area contributed by atoms with Crippen LogP contribution >= 0.6 is 0 Å². The highest BCUT2D eigenvalue weighted by Gasteiger charge is 2.09. The average molecular weight is 253 g/mol. The highest BCUT2D eigenvalue weighted by molar-refractivity contribution is 4.86. The smallest absolute Gasteiger partial charge is 0.141 e. The Labute approximate surface area is 111 Å². The van der Waals surface area contributed by atoms with Crippen molar-refractivity contribution in [2.24, 2.45) is 5.92 Å². The van der Waals surface area contributed by atoms with Crippen molar-refractivity contribution in [3.63, 3.8) is 0 Å². The van der Waals surface area contributed by atoms with E-state index in [0.29, 0.717) is 12.0 Å². The number of likely N-dealkylation sites (N-methyl/N-ethyl adjacent to an activating group) is 1. The molecule has 1 rings (SSSR count). The molecule has 0 radical (unpaired) electrons. The monoisotopic (exact) mass is 253 g/mol. The summed E-state index contributed by atoms with van der Waals surface area (Å²) in [4.78, 5) is 6.60. The summed E-state index contributed by atoms with van der Waals surface area (Å²) < 4.78 is 1.98. The van der Waals surface area contributed by atoms with Crippen LogP contribution in [0.5, 0.6) is 0 Å². The second kappa shape index (κ2) is 7.48. The lowest BCUT2D eigenvalue weighted by molar-refractivity contribution is 0.302. The predicted molar refractivity (Wildman–Crippen MR) is 74.4 cm³/mol. The quantitative estimate of drug-likeness (QED) is 0.714. The second-order valence-corrected chi connectivity index (χ2v) is 5.55. The van der Waals surface area contributed by atoms with E-state index in [4.69, 9.17) is 0 Å². The van der Waals surface area contributed by atoms with E-state index in [9.17, 15) is 0 Å². The van der Waals surface area contributed by atoms with Gasteiger partial charge in [0.15, 0.2) is 0 Å². The van der Waals surface area contributed by atoms with Gasteiger partial charge >= 0.3 is 0 Å². The largest absolute Gasteiger partial charge is 0.315 e. The second-order valence-electron chi connectivity index (χ2n) is 5.55. The zero-order valence-electron chi connectivity index (χ0n) is 12.3. The summed E-state index contributed by atoms with van der Waals surface area (Å²) in [6.45, 7) is 12.7. The summed E-state index contributed by atoms with van der Waals surface area (Å²) in [5.74, 6) is 1.75. The predicted octanol–water partition coefficient (Wildman–Crippen LogP) is 1.54. The average Bonchev–Trinajstić information content (AvgIpc) is 2.72. The van der Waals surface area contributed by atoms with Crippen molar-refractivity contribution < 1.29 is 0 Å². The molecule has 0 bridgehead atoms. The molecule has 0 saturated carbocycles. The Kier molecular flexibility index (Phi) is 6.29. The normalized spacial score (nSPS) is 12.0. The molecule has 0 aromatic carbocycles. The van der Waals surface area contributed by atoms with Gasteiger partial charge in [-0.3, -0.25) is 4.90 Å². The van der Waals surface area contributed by atoms with E-state index >= 15 is 0 Å². The lowest BCUT2D eigenvalue weighted by atomic mass is 10.2. The minimum absolute atomic E-state index is 0.370. The van der Waals surface area contributed by atoms with E-state index in [0.717, 1.165) is 32.0 Å². The van der Waals surface area contributed by atoms with E-state index in [1.807, 2.05) is 4.68 Å². The number of hydrogen-bond acceptors (Lipinski definition) is 4. The first-order valence-electron chi connectivity index (χ1n) is 6.78. The van der Waals surface area contributed by atoms with Crippen molar-refractivity contribution in [3.05, 3.63) is 12.2 Å². The fourth-order valence-corrected chi connectivity index (χ4v) is 1.80. The van der Waals surface area contributed by atoms with Crippen molar-refractivity contribution >= 4 is 0 Å². The fourth-order valence-electron chi connectivity index (χ4n) is 1.80. The van der Waals surface area contributed by atoms with Gasteiger partial charge < -0.3 is 5.32 Å². The van der Waals surface area contributed by atoms with E-state index in [2.05, 4.69) is 55.0 Å². The Balaban J connectivity index is 2.31. The molecule has 0 unspecified atom stereocenters. The first-order chi connectivity index (χ1) is 8.50. The van der Waals surface area contributed by atoms with Crippen molar-refractivity contribution in [1.82, 2.24) is 25.0 Å². The molecular weight excluding hydrogens is 226 g/mol. The summed E-state index contributed by atoms with van der Waals surface area (Å²) in [5.41, 5.74) is 0. The van der Waals surface area contributed by atoms with E-state index in [1.165, 1.54) is 0 Å². The first-order valence-corrected chi connectivity index (χ1v) is 6.78. The Bertz CT molecular complexity index is 332. The molecule has 0 atom stereocenters. The van der Waals surface area contributed by atoms with Crippen LogP contribution in [-0.4, -0.2) is 46.3 Å². The maximum atomic E-state index is 4.32. The van der Waals surface area contributed by atoms with Gasteiger partial charge in [-0.25, -0.2) is 9.67 Å². The lowest BCUT2D eigenvalue weighted by Gasteiger charge is -2.18. The third kappa shape index (κ3) is 5.14. The number of nitrogens with one attached hydrogen (secondary N) is 1. The minimum Gasteiger partial charge on any atom is -0.315 e. The summed E-state index contributed by atoms with van der Waals surface area (Å²) in [5, 5.41) is 7.70. The summed E-state index contributed by atoms with van der Waals surface area (Å²) in [6.07, 6.45) is 1.64. The van der Waals surface area contributed by atoms with E-state index in [-0.39, 0.29) is 0 Å². The maximum absolute atomic E-state index is 4.32. The maximum Gasteiger partial charge on any atom is 0.141 e. The molecule has 0 fully saturated rings. The molecular formula is C13H27N5. The third-order valence-corrected chi connectivity index (χ3v) is 2.77. The van der Waals surface area contributed by atoms with Gasteiger partial charge in [-0.2, -0.15) is 5.10 Å². The Morgan fingerprint density at radius 1 is 1.33 bits per heavy atom. The third-order valence-electron chi connectivity index (χ3n) is 2.77. The van der Waals surface area contributed by atoms with Gasteiger partial charge in [0.25, 0.3) is 0 Å². The van der Waals surface area contributed by atoms with Crippen LogP contribution in [0.1, 0.15) is 39.6 Å². The van der Waals surface area contributed by atoms with Gasteiger partial charge in [-0.15, -0.1) is 0 Å². The standard InChI is InChI=1S/C13H27N5/c1-11(2)8-14-6-7-17(5)9-13-15-10-16-18(13)12(3)4/h10-12,14H,6-9H2,1-5H3. The fraction of sp³-hybridized carbons (Fsp3) is 0.846. The molecule has 1 N–H and O–H groups in total. The van der Waals surface area contributed by atoms with Crippen molar-refractivity contribution in [2.45, 2.75) is 40.3 Å². The Morgan fingerprint density at radius 2 is 2.06 bits per heavy atom. The van der Waals surface area contributed by atoms with Crippen LogP contribution in [-0.2, 0) is 6.54 Å². The number of aromatic nitrogens is 3. The molecule has 18 heavy (non-hydrogen) atoms. The molecule has 1 aromatic rings. The van der Waals surface area contributed by atoms with Gasteiger partial charge in [0.2, 0.25) is 0 Å². The molecule has 0 spiro atoms. The highest BCUT2D eigenvalue weighted by atomic mass is 15.4. The molecule has 5 heteroatoms. The van der Waals surface area contributed by atoms with Gasteiger partial charge in [-0.05, 0) is 33.4 Å². The van der Waals surface area contributed by atoms with Crippen LogP contribution < -0.4 is 5.32 Å². The van der Waals surface area contributed by atoms with E-state index in [1.54, 1.807) is 6.33 Å². The number of rotatable bonds is 8. The van der Waals surface area contributed by atoms with Crippen LogP contribution in [0.2, 0.25) is 0 Å². The molecule has 0 saturated heterocycles. The molecule has 1 aromatic heterocycles. The van der Waals surface area contributed by atoms with Crippen LogP contribution in [0.15, 0.2) is 6.33 Å². The van der Waals surface area contributed by atoms with Crippen molar-refractivity contribution in [3.8, 4) is 0 Å². The molecule has 104 valence electrons. The number of nitrogens with zero attached hydrogens (tertiary/aromatic N) is 4. The van der Waals surface area contributed by atoms with Crippen LogP contribution in [0.4, 0.5) is 0 Å². The SMILES string of the molecule is CC(C)CNCCN(C)Cc1ncnn1C(C)C. The summed E-state index contributed by atoms with van der Waals surface area (Å²) in [7, 11) is 2.12. The zero-order valence-corrected chi connectivity index (χ0v) is 12.3. The van der Waals surface area contributed by atoms with Crippen LogP contribution in [0, 0.1) is 5.92 Å². The molecule has 0 aliphatic carbocycles. The number of hydrogen-bond donors (Lipinski definition) is 1. The molecule has 0 amide bonds. The lowest BCUT2D eigenvalue weighted by Crippen LogP contribution is -2.31. The van der Waals surface area contributed by atoms with Crippen molar-refractivity contribution in [2.75, 3.05) is 26.7 Å². The Hall–Kier alpha value is -0.940. The zero-order chi connectivity index (χ0) is 13.5. The highest BCUT2D eigenvalue weighted by Crippen LogP contribution is 2.06. The van der Waals surface area contributed by atoms with Crippen molar-refractivity contribution in [1.29, 1.82) is 0 Å². The van der Waals surface area contributed by atoms with E-state index < -0.39 is 0 Å². The topological polar surface area (TPSA) is 46.0 Å². The molecule has 1 heterocycles. The first kappa shape index (κ1) is 15.1. The van der Waals surface area contributed by atoms with Gasteiger partial charge in [0, 0.05) is 19.1 Å². The molecule has 0 aliphatic heterocycles. The molecule has 0 aliphatic rings. The Morgan fingerprint density at radius 3 is 2.67 bits per heavy atom. The summed E-state index contributed by atoms with van der Waals surface area (Å²) in [6, 6.07) is 0.370. The molecule has 5 nitrogen and oxygen atoms in total. The van der Waals surface area contributed by atoms with Gasteiger partial charge in [-0.1, -0.05) is 13.8 Å². The van der Waals surface area contributed by atoms with Gasteiger partial charge in [0.05, 0.1) is 6.54 Å². The minimum atomic E-state index is 0.370.